The summed E-state index contributed by atoms with van der Waals surface area (Å²) in [5, 5.41) is 2.50. The molecule has 0 aliphatic rings. The Balaban J connectivity index is 2.26. The van der Waals surface area contributed by atoms with Crippen LogP contribution in [0.25, 0.3) is 0 Å². The third kappa shape index (κ3) is 2.51. The predicted octanol–water partition coefficient (Wildman–Crippen LogP) is 3.37. The first-order chi connectivity index (χ1) is 7.16. The van der Waals surface area contributed by atoms with Crippen LogP contribution in [-0.2, 0) is 6.54 Å². The van der Waals surface area contributed by atoms with Gasteiger partial charge < -0.3 is 0 Å². The molecule has 0 atom stereocenters. The van der Waals surface area contributed by atoms with E-state index >= 15 is 0 Å². The van der Waals surface area contributed by atoms with Crippen LogP contribution in [0.4, 0.5) is 0 Å². The molecule has 1 aromatic heterocycles. The van der Waals surface area contributed by atoms with Crippen molar-refractivity contribution in [3.63, 3.8) is 0 Å². The zero-order valence-electron chi connectivity index (χ0n) is 7.61. The summed E-state index contributed by atoms with van der Waals surface area (Å²) in [5.74, 6) is 0. The smallest absolute Gasteiger partial charge is 0.267 e. The molecule has 0 saturated heterocycles. The summed E-state index contributed by atoms with van der Waals surface area (Å²) >= 11 is 10.4. The first kappa shape index (κ1) is 10.9. The van der Waals surface area contributed by atoms with Gasteiger partial charge >= 0.3 is 0 Å². The maximum absolute atomic E-state index is 11.5. The Kier molecular flexibility index (Phi) is 3.29. The van der Waals surface area contributed by atoms with Crippen LogP contribution in [0.5, 0.6) is 0 Å². The molecule has 0 saturated carbocycles. The van der Waals surface area contributed by atoms with Crippen molar-refractivity contribution >= 4 is 39.1 Å². The zero-order chi connectivity index (χ0) is 10.8. The van der Waals surface area contributed by atoms with Crippen LogP contribution in [0.2, 0.25) is 5.02 Å². The van der Waals surface area contributed by atoms with E-state index in [-0.39, 0.29) is 5.56 Å². The molecule has 0 bridgehead atoms. The normalized spacial score (nSPS) is 10.5. The fraction of sp³-hybridized carbons (Fsp3) is 0.100. The lowest BCUT2D eigenvalue weighted by atomic mass is 10.2. The molecule has 5 heteroatoms. The Morgan fingerprint density at radius 2 is 2.00 bits per heavy atom. The lowest BCUT2D eigenvalue weighted by molar-refractivity contribution is 0.846. The molecule has 78 valence electrons. The van der Waals surface area contributed by atoms with Crippen LogP contribution in [0, 0.1) is 0 Å². The second-order valence-electron chi connectivity index (χ2n) is 3.04. The molecule has 0 spiro atoms. The van der Waals surface area contributed by atoms with Crippen molar-refractivity contribution in [1.29, 1.82) is 0 Å². The fourth-order valence-corrected chi connectivity index (χ4v) is 2.64. The van der Waals surface area contributed by atoms with E-state index in [1.165, 1.54) is 11.5 Å². The third-order valence-corrected chi connectivity index (χ3v) is 3.97. The van der Waals surface area contributed by atoms with E-state index in [9.17, 15) is 4.79 Å². The van der Waals surface area contributed by atoms with Gasteiger partial charge in [-0.15, -0.1) is 0 Å². The molecule has 0 unspecified atom stereocenters. The largest absolute Gasteiger partial charge is 0.275 e. The minimum atomic E-state index is 0.00921. The molecule has 15 heavy (non-hydrogen) atoms. The van der Waals surface area contributed by atoms with Crippen LogP contribution in [-0.4, -0.2) is 3.96 Å². The molecule has 0 aliphatic carbocycles. The zero-order valence-corrected chi connectivity index (χ0v) is 10.8. The predicted molar refractivity (Wildman–Crippen MR) is 66.8 cm³/mol. The summed E-state index contributed by atoms with van der Waals surface area (Å²) in [6.07, 6.45) is 0. The van der Waals surface area contributed by atoms with Crippen molar-refractivity contribution in [3.05, 3.63) is 55.1 Å². The van der Waals surface area contributed by atoms with Crippen molar-refractivity contribution in [3.8, 4) is 0 Å². The molecule has 2 rings (SSSR count). The quantitative estimate of drug-likeness (QED) is 0.834. The number of nitrogens with zero attached hydrogens (tertiary/aromatic N) is 1. The number of hydrogen-bond acceptors (Lipinski definition) is 2. The maximum Gasteiger partial charge on any atom is 0.275 e. The SMILES string of the molecule is O=c1c(Br)csn1Cc1ccc(Cl)cc1. The topological polar surface area (TPSA) is 22.0 Å². The molecular formula is C10H7BrClNOS. The standard InChI is InChI=1S/C10H7BrClNOS/c11-9-6-15-13(10(9)14)5-7-1-3-8(12)4-2-7/h1-4,6H,5H2. The van der Waals surface area contributed by atoms with E-state index in [2.05, 4.69) is 15.9 Å². The Morgan fingerprint density at radius 1 is 1.33 bits per heavy atom. The van der Waals surface area contributed by atoms with Crippen LogP contribution in [0.1, 0.15) is 5.56 Å². The fourth-order valence-electron chi connectivity index (χ4n) is 1.19. The first-order valence-electron chi connectivity index (χ1n) is 4.25. The average molecular weight is 305 g/mol. The second kappa shape index (κ2) is 4.51. The second-order valence-corrected chi connectivity index (χ2v) is 5.22. The number of halogens is 2. The van der Waals surface area contributed by atoms with Gasteiger partial charge in [-0.2, -0.15) is 0 Å². The van der Waals surface area contributed by atoms with Gasteiger partial charge in [-0.05, 0) is 33.6 Å². The lowest BCUT2D eigenvalue weighted by Gasteiger charge is -2.00. The number of aromatic nitrogens is 1. The van der Waals surface area contributed by atoms with Crippen LogP contribution in [0.3, 0.4) is 0 Å². The molecule has 2 nitrogen and oxygen atoms in total. The van der Waals surface area contributed by atoms with Gasteiger partial charge in [0.05, 0.1) is 11.0 Å². The highest BCUT2D eigenvalue weighted by Gasteiger charge is 2.03. The Hall–Kier alpha value is -0.580. The summed E-state index contributed by atoms with van der Waals surface area (Å²) in [5.41, 5.74) is 1.07. The Labute approximate surface area is 104 Å². The number of rotatable bonds is 2. The van der Waals surface area contributed by atoms with Gasteiger partial charge in [0.15, 0.2) is 0 Å². The number of benzene rings is 1. The summed E-state index contributed by atoms with van der Waals surface area (Å²) in [7, 11) is 0. The third-order valence-electron chi connectivity index (χ3n) is 1.95. The molecule has 0 amide bonds. The molecular weight excluding hydrogens is 298 g/mol. The summed E-state index contributed by atoms with van der Waals surface area (Å²) in [4.78, 5) is 11.5. The molecule has 1 heterocycles. The lowest BCUT2D eigenvalue weighted by Crippen LogP contribution is -2.13. The molecule has 2 aromatic rings. The summed E-state index contributed by atoms with van der Waals surface area (Å²) in [6, 6.07) is 7.49. The minimum Gasteiger partial charge on any atom is -0.267 e. The van der Waals surface area contributed by atoms with Gasteiger partial charge in [0, 0.05) is 10.4 Å². The highest BCUT2D eigenvalue weighted by atomic mass is 79.9. The number of hydrogen-bond donors (Lipinski definition) is 0. The van der Waals surface area contributed by atoms with Crippen LogP contribution < -0.4 is 5.56 Å². The van der Waals surface area contributed by atoms with Gasteiger partial charge in [0.1, 0.15) is 0 Å². The molecule has 0 fully saturated rings. The minimum absolute atomic E-state index is 0.00921. The molecule has 0 N–H and O–H groups in total. The average Bonchev–Trinajstić information content (AvgIpc) is 2.53. The summed E-state index contributed by atoms with van der Waals surface area (Å²) in [6.45, 7) is 0.590. The van der Waals surface area contributed by atoms with E-state index in [0.29, 0.717) is 16.0 Å². The van der Waals surface area contributed by atoms with Crippen molar-refractivity contribution in [2.24, 2.45) is 0 Å². The van der Waals surface area contributed by atoms with Gasteiger partial charge in [-0.1, -0.05) is 35.3 Å². The van der Waals surface area contributed by atoms with E-state index in [0.717, 1.165) is 5.56 Å². The van der Waals surface area contributed by atoms with E-state index in [4.69, 9.17) is 11.6 Å². The highest BCUT2D eigenvalue weighted by Crippen LogP contribution is 2.13. The van der Waals surface area contributed by atoms with Gasteiger partial charge in [0.25, 0.3) is 5.56 Å². The molecule has 0 aliphatic heterocycles. The molecule has 1 aromatic carbocycles. The van der Waals surface area contributed by atoms with Gasteiger partial charge in [-0.25, -0.2) is 0 Å². The molecule has 0 radical (unpaired) electrons. The van der Waals surface area contributed by atoms with E-state index < -0.39 is 0 Å². The van der Waals surface area contributed by atoms with Crippen LogP contribution in [0.15, 0.2) is 38.9 Å². The van der Waals surface area contributed by atoms with E-state index in [1.807, 2.05) is 24.3 Å². The van der Waals surface area contributed by atoms with Crippen LogP contribution >= 0.6 is 39.1 Å². The van der Waals surface area contributed by atoms with Crippen molar-refractivity contribution < 1.29 is 0 Å². The van der Waals surface area contributed by atoms with E-state index in [1.54, 1.807) is 9.34 Å². The van der Waals surface area contributed by atoms with Gasteiger partial charge in [-0.3, -0.25) is 8.75 Å². The van der Waals surface area contributed by atoms with Crippen molar-refractivity contribution in [2.75, 3.05) is 0 Å². The van der Waals surface area contributed by atoms with Crippen molar-refractivity contribution in [2.45, 2.75) is 6.54 Å². The van der Waals surface area contributed by atoms with Crippen molar-refractivity contribution in [1.82, 2.24) is 3.96 Å². The highest BCUT2D eigenvalue weighted by molar-refractivity contribution is 9.10. The maximum atomic E-state index is 11.5. The first-order valence-corrected chi connectivity index (χ1v) is 6.26. The van der Waals surface area contributed by atoms with Gasteiger partial charge in [0.2, 0.25) is 0 Å². The summed E-state index contributed by atoms with van der Waals surface area (Å²) < 4.78 is 2.30. The monoisotopic (exact) mass is 303 g/mol. The Morgan fingerprint density at radius 3 is 2.53 bits per heavy atom. The Bertz CT molecular complexity index is 517.